The average Bonchev–Trinajstić information content (AvgIpc) is 1.82. The highest BCUT2D eigenvalue weighted by atomic mass is 32.2. The molecule has 0 heterocycles. The summed E-state index contributed by atoms with van der Waals surface area (Å²) in [7, 11) is 0. The van der Waals surface area contributed by atoms with Crippen molar-refractivity contribution in [1.29, 1.82) is 0 Å². The molecule has 0 spiro atoms. The first-order valence-corrected chi connectivity index (χ1v) is 4.33. The molecule has 0 bridgehead atoms. The molecule has 1 unspecified atom stereocenters. The quantitative estimate of drug-likeness (QED) is 0.635. The van der Waals surface area contributed by atoms with Crippen molar-refractivity contribution in [2.45, 2.75) is 19.4 Å². The van der Waals surface area contributed by atoms with E-state index in [1.807, 2.05) is 6.26 Å². The molecule has 2 N–H and O–H groups in total. The molecule has 0 radical (unpaired) electrons. The molecule has 0 amide bonds. The molecule has 54 valence electrons. The summed E-state index contributed by atoms with van der Waals surface area (Å²) in [4.78, 5) is 10.5. The third kappa shape index (κ3) is 4.48. The van der Waals surface area contributed by atoms with Crippen LogP contribution in [0.5, 0.6) is 0 Å². The second-order valence-electron chi connectivity index (χ2n) is 2.00. The maximum atomic E-state index is 10.5. The normalized spacial score (nSPS) is 13.2. The van der Waals surface area contributed by atoms with Crippen LogP contribution in [0.2, 0.25) is 0 Å². The Bertz CT molecular complexity index is 95.1. The van der Waals surface area contributed by atoms with E-state index in [-0.39, 0.29) is 11.8 Å². The summed E-state index contributed by atoms with van der Waals surface area (Å²) in [5, 5.41) is 0. The summed E-state index contributed by atoms with van der Waals surface area (Å²) < 4.78 is 0. The highest BCUT2D eigenvalue weighted by molar-refractivity contribution is 7.98. The van der Waals surface area contributed by atoms with Gasteiger partial charge in [0.1, 0.15) is 5.78 Å². The number of nitrogens with two attached hydrogens (primary N) is 1. The van der Waals surface area contributed by atoms with Gasteiger partial charge in [-0.2, -0.15) is 11.8 Å². The maximum absolute atomic E-state index is 10.5. The fourth-order valence-electron chi connectivity index (χ4n) is 0.448. The molecule has 0 aliphatic carbocycles. The molecule has 0 aliphatic heterocycles. The third-order valence-corrected chi connectivity index (χ3v) is 1.80. The van der Waals surface area contributed by atoms with Gasteiger partial charge in [-0.1, -0.05) is 0 Å². The second kappa shape index (κ2) is 4.82. The molecule has 1 atom stereocenters. The number of hydrogen-bond acceptors (Lipinski definition) is 3. The molecular weight excluding hydrogens is 134 g/mol. The van der Waals surface area contributed by atoms with Crippen molar-refractivity contribution in [3.05, 3.63) is 0 Å². The number of carbonyl (C=O) groups excluding carboxylic acids is 1. The predicted molar refractivity (Wildman–Crippen MR) is 41.7 cm³/mol. The van der Waals surface area contributed by atoms with Crippen LogP contribution in [0, 0.1) is 0 Å². The lowest BCUT2D eigenvalue weighted by atomic mass is 10.2. The molecule has 0 aromatic rings. The Labute approximate surface area is 60.2 Å². The molecule has 9 heavy (non-hydrogen) atoms. The van der Waals surface area contributed by atoms with Gasteiger partial charge in [0.05, 0.1) is 6.04 Å². The first-order chi connectivity index (χ1) is 4.18. The first-order valence-electron chi connectivity index (χ1n) is 2.93. The summed E-state index contributed by atoms with van der Waals surface area (Å²) in [5.41, 5.74) is 5.44. The molecule has 0 saturated heterocycles. The smallest absolute Gasteiger partial charge is 0.146 e. The van der Waals surface area contributed by atoms with Crippen molar-refractivity contribution >= 4 is 17.5 Å². The van der Waals surface area contributed by atoms with Crippen molar-refractivity contribution < 1.29 is 4.79 Å². The molecule has 0 aromatic heterocycles. The van der Waals surface area contributed by atoms with Gasteiger partial charge in [-0.3, -0.25) is 4.79 Å². The van der Waals surface area contributed by atoms with E-state index in [0.29, 0.717) is 0 Å². The van der Waals surface area contributed by atoms with Gasteiger partial charge in [0.2, 0.25) is 0 Å². The predicted octanol–water partition coefficient (Wildman–Crippen LogP) is 0.656. The van der Waals surface area contributed by atoms with E-state index in [4.69, 9.17) is 5.73 Å². The van der Waals surface area contributed by atoms with Crippen LogP contribution < -0.4 is 5.73 Å². The minimum atomic E-state index is -0.238. The van der Waals surface area contributed by atoms with Crippen LogP contribution in [0.25, 0.3) is 0 Å². The Hall–Kier alpha value is -0.0200. The van der Waals surface area contributed by atoms with Crippen molar-refractivity contribution in [3.8, 4) is 0 Å². The van der Waals surface area contributed by atoms with Crippen LogP contribution >= 0.6 is 11.8 Å². The topological polar surface area (TPSA) is 43.1 Å². The summed E-state index contributed by atoms with van der Waals surface area (Å²) >= 11 is 1.72. The van der Waals surface area contributed by atoms with Gasteiger partial charge < -0.3 is 5.73 Å². The van der Waals surface area contributed by atoms with Crippen LogP contribution in [0.1, 0.15) is 13.3 Å². The van der Waals surface area contributed by atoms with Gasteiger partial charge >= 0.3 is 0 Å². The van der Waals surface area contributed by atoms with Gasteiger partial charge in [-0.05, 0) is 25.4 Å². The highest BCUT2D eigenvalue weighted by Crippen LogP contribution is 1.98. The molecule has 3 heteroatoms. The standard InChI is InChI=1S/C6H13NOS/c1-5(8)6(7)3-4-9-2/h6H,3-4,7H2,1-2H3. The van der Waals surface area contributed by atoms with E-state index in [0.717, 1.165) is 12.2 Å². The number of thioether (sulfide) groups is 1. The van der Waals surface area contributed by atoms with Gasteiger partial charge in [0.25, 0.3) is 0 Å². The van der Waals surface area contributed by atoms with Crippen molar-refractivity contribution in [3.63, 3.8) is 0 Å². The van der Waals surface area contributed by atoms with Gasteiger partial charge in [-0.15, -0.1) is 0 Å². The fraction of sp³-hybridized carbons (Fsp3) is 0.833. The third-order valence-electron chi connectivity index (χ3n) is 1.16. The maximum Gasteiger partial charge on any atom is 0.146 e. The Morgan fingerprint density at radius 2 is 2.33 bits per heavy atom. The van der Waals surface area contributed by atoms with Crippen LogP contribution in [-0.4, -0.2) is 23.8 Å². The molecular formula is C6H13NOS. The van der Waals surface area contributed by atoms with E-state index in [1.54, 1.807) is 11.8 Å². The lowest BCUT2D eigenvalue weighted by molar-refractivity contribution is -0.118. The summed E-state index contributed by atoms with van der Waals surface area (Å²) in [5.74, 6) is 1.06. The van der Waals surface area contributed by atoms with Crippen LogP contribution in [-0.2, 0) is 4.79 Å². The van der Waals surface area contributed by atoms with E-state index < -0.39 is 0 Å². The van der Waals surface area contributed by atoms with E-state index in [1.165, 1.54) is 6.92 Å². The zero-order valence-corrected chi connectivity index (χ0v) is 6.70. The number of hydrogen-bond donors (Lipinski definition) is 1. The molecule has 0 fully saturated rings. The summed E-state index contributed by atoms with van der Waals surface area (Å²) in [6, 6.07) is -0.238. The average molecular weight is 147 g/mol. The largest absolute Gasteiger partial charge is 0.321 e. The monoisotopic (exact) mass is 147 g/mol. The minimum absolute atomic E-state index is 0.0871. The minimum Gasteiger partial charge on any atom is -0.321 e. The molecule has 2 nitrogen and oxygen atoms in total. The summed E-state index contributed by atoms with van der Waals surface area (Å²) in [6.07, 6.45) is 2.81. The zero-order chi connectivity index (χ0) is 7.28. The molecule has 0 aromatic carbocycles. The Morgan fingerprint density at radius 3 is 2.67 bits per heavy atom. The second-order valence-corrected chi connectivity index (χ2v) is 2.98. The van der Waals surface area contributed by atoms with E-state index in [9.17, 15) is 4.79 Å². The first kappa shape index (κ1) is 8.98. The molecule has 0 saturated carbocycles. The van der Waals surface area contributed by atoms with Gasteiger partial charge in [0, 0.05) is 0 Å². The Kier molecular flexibility index (Phi) is 4.81. The Morgan fingerprint density at radius 1 is 1.78 bits per heavy atom. The van der Waals surface area contributed by atoms with Crippen molar-refractivity contribution in [1.82, 2.24) is 0 Å². The van der Waals surface area contributed by atoms with Crippen LogP contribution in [0.3, 0.4) is 0 Å². The zero-order valence-electron chi connectivity index (χ0n) is 5.89. The van der Waals surface area contributed by atoms with Crippen LogP contribution in [0.15, 0.2) is 0 Å². The van der Waals surface area contributed by atoms with Crippen molar-refractivity contribution in [2.75, 3.05) is 12.0 Å². The SMILES string of the molecule is CSCCC(N)C(C)=O. The number of ketones is 1. The lowest BCUT2D eigenvalue weighted by Gasteiger charge is -2.03. The van der Waals surface area contributed by atoms with E-state index >= 15 is 0 Å². The highest BCUT2D eigenvalue weighted by Gasteiger charge is 2.05. The van der Waals surface area contributed by atoms with E-state index in [2.05, 4.69) is 0 Å². The fourth-order valence-corrected chi connectivity index (χ4v) is 0.938. The molecule has 0 aliphatic rings. The van der Waals surface area contributed by atoms with Gasteiger partial charge in [0.15, 0.2) is 0 Å². The van der Waals surface area contributed by atoms with Gasteiger partial charge in [-0.25, -0.2) is 0 Å². The number of rotatable bonds is 4. The molecule has 0 rings (SSSR count). The van der Waals surface area contributed by atoms with Crippen LogP contribution in [0.4, 0.5) is 0 Å². The lowest BCUT2D eigenvalue weighted by Crippen LogP contribution is -2.28. The summed E-state index contributed by atoms with van der Waals surface area (Å²) in [6.45, 7) is 1.53. The van der Waals surface area contributed by atoms with Crippen molar-refractivity contribution in [2.24, 2.45) is 5.73 Å². The Balaban J connectivity index is 3.27. The number of Topliss-reactive ketones (excluding diaryl/α,β-unsaturated/α-hetero) is 1. The number of carbonyl (C=O) groups is 1.